The molecule has 5 nitrogen and oxygen atoms in total. The second kappa shape index (κ2) is 8.12. The number of hydrogen-bond acceptors (Lipinski definition) is 5. The van der Waals surface area contributed by atoms with Crippen LogP contribution in [0, 0.1) is 6.92 Å². The average Bonchev–Trinajstić information content (AvgIpc) is 3.29. The lowest BCUT2D eigenvalue weighted by atomic mass is 10.1. The first kappa shape index (κ1) is 17.4. The van der Waals surface area contributed by atoms with E-state index in [1.165, 1.54) is 16.1 Å². The Morgan fingerprint density at radius 2 is 2.23 bits per heavy atom. The zero-order valence-corrected chi connectivity index (χ0v) is 15.9. The number of nitrogens with zero attached hydrogens (tertiary/aromatic N) is 4. The summed E-state index contributed by atoms with van der Waals surface area (Å²) in [4.78, 5) is 8.12. The molecule has 0 saturated heterocycles. The molecular formula is C20H24N4OS. The van der Waals surface area contributed by atoms with Gasteiger partial charge in [0.15, 0.2) is 0 Å². The summed E-state index contributed by atoms with van der Waals surface area (Å²) in [6.07, 6.45) is 6.53. The number of pyridine rings is 1. The third kappa shape index (κ3) is 4.03. The van der Waals surface area contributed by atoms with Crippen molar-refractivity contribution in [3.05, 3.63) is 69.9 Å². The van der Waals surface area contributed by atoms with Crippen molar-refractivity contribution in [3.63, 3.8) is 0 Å². The summed E-state index contributed by atoms with van der Waals surface area (Å²) in [7, 11) is 0. The van der Waals surface area contributed by atoms with Gasteiger partial charge in [0, 0.05) is 49.7 Å². The fourth-order valence-corrected chi connectivity index (χ4v) is 4.41. The van der Waals surface area contributed by atoms with Crippen LogP contribution in [0.5, 0.6) is 0 Å². The van der Waals surface area contributed by atoms with Gasteiger partial charge in [-0.2, -0.15) is 5.10 Å². The SMILES string of the molecule is Cc1ccsc1CN1Cc2ccnn2[C@@H](CCOCc2cccnc2)C1. The highest BCUT2D eigenvalue weighted by Gasteiger charge is 2.25. The number of fused-ring (bicyclic) bond motifs is 1. The summed E-state index contributed by atoms with van der Waals surface area (Å²) in [5, 5.41) is 6.73. The quantitative estimate of drug-likeness (QED) is 0.595. The van der Waals surface area contributed by atoms with Crippen LogP contribution in [-0.4, -0.2) is 32.8 Å². The maximum absolute atomic E-state index is 5.88. The van der Waals surface area contributed by atoms with Crippen LogP contribution >= 0.6 is 11.3 Å². The van der Waals surface area contributed by atoms with E-state index in [0.29, 0.717) is 12.6 Å². The molecule has 0 unspecified atom stereocenters. The summed E-state index contributed by atoms with van der Waals surface area (Å²) in [5.74, 6) is 0. The fraction of sp³-hybridized carbons (Fsp3) is 0.400. The van der Waals surface area contributed by atoms with Crippen molar-refractivity contribution in [3.8, 4) is 0 Å². The highest BCUT2D eigenvalue weighted by molar-refractivity contribution is 7.10. The Hall–Kier alpha value is -2.02. The van der Waals surface area contributed by atoms with Gasteiger partial charge in [-0.15, -0.1) is 11.3 Å². The molecule has 3 aromatic rings. The minimum absolute atomic E-state index is 0.364. The zero-order chi connectivity index (χ0) is 17.8. The van der Waals surface area contributed by atoms with E-state index in [2.05, 4.69) is 44.1 Å². The third-order valence-electron chi connectivity index (χ3n) is 4.87. The molecule has 0 spiro atoms. The Kier molecular flexibility index (Phi) is 5.43. The Balaban J connectivity index is 1.35. The van der Waals surface area contributed by atoms with E-state index >= 15 is 0 Å². The minimum atomic E-state index is 0.364. The van der Waals surface area contributed by atoms with Crippen LogP contribution in [0.3, 0.4) is 0 Å². The van der Waals surface area contributed by atoms with Gasteiger partial charge in [-0.1, -0.05) is 6.07 Å². The lowest BCUT2D eigenvalue weighted by molar-refractivity contribution is 0.0874. The topological polar surface area (TPSA) is 43.2 Å². The summed E-state index contributed by atoms with van der Waals surface area (Å²) in [6.45, 7) is 6.54. The Morgan fingerprint density at radius 3 is 3.04 bits per heavy atom. The maximum Gasteiger partial charge on any atom is 0.0731 e. The van der Waals surface area contributed by atoms with Crippen LogP contribution < -0.4 is 0 Å². The number of aryl methyl sites for hydroxylation is 1. The second-order valence-corrected chi connectivity index (χ2v) is 7.82. The van der Waals surface area contributed by atoms with Gasteiger partial charge in [0.25, 0.3) is 0 Å². The molecule has 0 aromatic carbocycles. The summed E-state index contributed by atoms with van der Waals surface area (Å²) in [6, 6.07) is 8.70. The molecule has 26 heavy (non-hydrogen) atoms. The first-order valence-corrected chi connectivity index (χ1v) is 9.92. The smallest absolute Gasteiger partial charge is 0.0731 e. The molecule has 0 fully saturated rings. The monoisotopic (exact) mass is 368 g/mol. The van der Waals surface area contributed by atoms with E-state index in [0.717, 1.165) is 38.2 Å². The molecule has 0 radical (unpaired) electrons. The zero-order valence-electron chi connectivity index (χ0n) is 15.0. The maximum atomic E-state index is 5.88. The van der Waals surface area contributed by atoms with Gasteiger partial charge in [0.05, 0.1) is 18.3 Å². The van der Waals surface area contributed by atoms with E-state index in [-0.39, 0.29) is 0 Å². The molecule has 0 saturated carbocycles. The van der Waals surface area contributed by atoms with Crippen LogP contribution in [0.15, 0.2) is 48.2 Å². The van der Waals surface area contributed by atoms with Crippen LogP contribution in [0.1, 0.15) is 34.2 Å². The molecule has 4 rings (SSSR count). The van der Waals surface area contributed by atoms with Gasteiger partial charge in [0.1, 0.15) is 0 Å². The molecule has 0 aliphatic carbocycles. The average molecular weight is 369 g/mol. The largest absolute Gasteiger partial charge is 0.377 e. The van der Waals surface area contributed by atoms with Crippen molar-refractivity contribution in [2.24, 2.45) is 0 Å². The van der Waals surface area contributed by atoms with E-state index in [9.17, 15) is 0 Å². The number of ether oxygens (including phenoxy) is 1. The molecule has 3 aromatic heterocycles. The standard InChI is InChI=1S/C20H24N4OS/c1-16-6-10-26-20(16)14-23-12-18-4-8-22-24(18)19(13-23)5-9-25-15-17-3-2-7-21-11-17/h2-4,6-8,10-11,19H,5,9,12-15H2,1H3/t19-/m0/s1. The third-order valence-corrected chi connectivity index (χ3v) is 5.88. The number of thiophene rings is 1. The highest BCUT2D eigenvalue weighted by Crippen LogP contribution is 2.26. The molecule has 1 atom stereocenters. The van der Waals surface area contributed by atoms with Crippen molar-refractivity contribution in [2.75, 3.05) is 13.2 Å². The van der Waals surface area contributed by atoms with Crippen molar-refractivity contribution in [2.45, 2.75) is 39.1 Å². The molecule has 6 heteroatoms. The Labute approximate surface area is 158 Å². The molecule has 4 heterocycles. The normalized spacial score (nSPS) is 17.3. The van der Waals surface area contributed by atoms with Gasteiger partial charge in [-0.05, 0) is 48.1 Å². The Morgan fingerprint density at radius 1 is 1.27 bits per heavy atom. The number of aromatic nitrogens is 3. The van der Waals surface area contributed by atoms with Gasteiger partial charge >= 0.3 is 0 Å². The van der Waals surface area contributed by atoms with Crippen LogP contribution in [-0.2, 0) is 24.4 Å². The van der Waals surface area contributed by atoms with Gasteiger partial charge in [0.2, 0.25) is 0 Å². The summed E-state index contributed by atoms with van der Waals surface area (Å²) in [5.41, 5.74) is 3.80. The van der Waals surface area contributed by atoms with Crippen molar-refractivity contribution >= 4 is 11.3 Å². The molecule has 1 aliphatic rings. The molecular weight excluding hydrogens is 344 g/mol. The predicted molar refractivity (Wildman–Crippen MR) is 103 cm³/mol. The highest BCUT2D eigenvalue weighted by atomic mass is 32.1. The van der Waals surface area contributed by atoms with Crippen LogP contribution in [0.4, 0.5) is 0 Å². The van der Waals surface area contributed by atoms with Crippen LogP contribution in [0.2, 0.25) is 0 Å². The molecule has 0 amide bonds. The van der Waals surface area contributed by atoms with Crippen LogP contribution in [0.25, 0.3) is 0 Å². The first-order valence-electron chi connectivity index (χ1n) is 9.04. The second-order valence-electron chi connectivity index (χ2n) is 6.82. The lowest BCUT2D eigenvalue weighted by Gasteiger charge is -2.33. The molecule has 136 valence electrons. The Bertz CT molecular complexity index is 829. The first-order chi connectivity index (χ1) is 12.8. The molecule has 1 aliphatic heterocycles. The summed E-state index contributed by atoms with van der Waals surface area (Å²) < 4.78 is 8.06. The fourth-order valence-electron chi connectivity index (χ4n) is 3.46. The van der Waals surface area contributed by atoms with Crippen molar-refractivity contribution in [1.82, 2.24) is 19.7 Å². The molecule has 0 N–H and O–H groups in total. The van der Waals surface area contributed by atoms with E-state index in [1.54, 1.807) is 6.20 Å². The van der Waals surface area contributed by atoms with E-state index < -0.39 is 0 Å². The summed E-state index contributed by atoms with van der Waals surface area (Å²) >= 11 is 1.85. The number of rotatable bonds is 7. The van der Waals surface area contributed by atoms with E-state index in [1.807, 2.05) is 35.9 Å². The van der Waals surface area contributed by atoms with Crippen molar-refractivity contribution in [1.29, 1.82) is 0 Å². The van der Waals surface area contributed by atoms with Crippen molar-refractivity contribution < 1.29 is 4.74 Å². The van der Waals surface area contributed by atoms with E-state index in [4.69, 9.17) is 4.74 Å². The minimum Gasteiger partial charge on any atom is -0.377 e. The van der Waals surface area contributed by atoms with Gasteiger partial charge < -0.3 is 4.74 Å². The number of hydrogen-bond donors (Lipinski definition) is 0. The molecule has 0 bridgehead atoms. The predicted octanol–water partition coefficient (Wildman–Crippen LogP) is 3.81. The van der Waals surface area contributed by atoms with Gasteiger partial charge in [-0.3, -0.25) is 14.6 Å². The lowest BCUT2D eigenvalue weighted by Crippen LogP contribution is -2.37. The van der Waals surface area contributed by atoms with Gasteiger partial charge in [-0.25, -0.2) is 0 Å².